The fourth-order valence-electron chi connectivity index (χ4n) is 3.20. The molecule has 2 aromatic heterocycles. The molecular formula is C19H19BrN4O3S2. The predicted molar refractivity (Wildman–Crippen MR) is 115 cm³/mol. The second-order valence-electron chi connectivity index (χ2n) is 6.65. The summed E-state index contributed by atoms with van der Waals surface area (Å²) in [4.78, 5) is 14.4. The van der Waals surface area contributed by atoms with Gasteiger partial charge >= 0.3 is 0 Å². The van der Waals surface area contributed by atoms with Crippen LogP contribution in [0.3, 0.4) is 0 Å². The van der Waals surface area contributed by atoms with Gasteiger partial charge in [0.1, 0.15) is 4.21 Å². The number of carbonyl (C=O) groups excluding carboxylic acids is 1. The quantitative estimate of drug-likeness (QED) is 0.546. The van der Waals surface area contributed by atoms with Gasteiger partial charge in [0.05, 0.1) is 22.1 Å². The van der Waals surface area contributed by atoms with Crippen LogP contribution in [0.15, 0.2) is 62.9 Å². The Hall–Kier alpha value is -2.01. The van der Waals surface area contributed by atoms with Gasteiger partial charge < -0.3 is 4.90 Å². The maximum absolute atomic E-state index is 12.7. The van der Waals surface area contributed by atoms with E-state index in [-0.39, 0.29) is 12.3 Å². The number of halogens is 1. The zero-order valence-corrected chi connectivity index (χ0v) is 18.7. The van der Waals surface area contributed by atoms with Gasteiger partial charge in [-0.3, -0.25) is 4.79 Å². The number of hydrogen-bond acceptors (Lipinski definition) is 5. The Bertz CT molecular complexity index is 1100. The molecule has 0 spiro atoms. The third kappa shape index (κ3) is 4.45. The van der Waals surface area contributed by atoms with Crippen LogP contribution in [-0.4, -0.2) is 59.5 Å². The average molecular weight is 495 g/mol. The highest BCUT2D eigenvalue weighted by atomic mass is 79.9. The van der Waals surface area contributed by atoms with Crippen molar-refractivity contribution in [2.45, 2.75) is 10.6 Å². The lowest BCUT2D eigenvalue weighted by atomic mass is 10.2. The molecule has 1 aliphatic heterocycles. The second kappa shape index (κ2) is 8.39. The van der Waals surface area contributed by atoms with Crippen LogP contribution in [-0.2, 0) is 21.2 Å². The van der Waals surface area contributed by atoms with Crippen LogP contribution in [0.4, 0.5) is 0 Å². The summed E-state index contributed by atoms with van der Waals surface area (Å²) in [5, 5.41) is 4.32. The van der Waals surface area contributed by atoms with Gasteiger partial charge in [-0.2, -0.15) is 9.40 Å². The molecule has 1 saturated heterocycles. The van der Waals surface area contributed by atoms with Gasteiger partial charge in [0.25, 0.3) is 10.0 Å². The van der Waals surface area contributed by atoms with Crippen molar-refractivity contribution in [2.24, 2.45) is 0 Å². The van der Waals surface area contributed by atoms with Crippen LogP contribution >= 0.6 is 27.3 Å². The highest BCUT2D eigenvalue weighted by molar-refractivity contribution is 9.11. The van der Waals surface area contributed by atoms with E-state index >= 15 is 0 Å². The molecule has 0 aliphatic carbocycles. The average Bonchev–Trinajstić information content (AvgIpc) is 3.38. The first-order valence-electron chi connectivity index (χ1n) is 9.06. The number of aromatic nitrogens is 2. The number of para-hydroxylation sites is 1. The highest BCUT2D eigenvalue weighted by Gasteiger charge is 2.31. The summed E-state index contributed by atoms with van der Waals surface area (Å²) in [5.41, 5.74) is 1.77. The Morgan fingerprint density at radius 2 is 1.79 bits per heavy atom. The second-order valence-corrected chi connectivity index (χ2v) is 11.3. The van der Waals surface area contributed by atoms with E-state index in [0.29, 0.717) is 30.4 Å². The third-order valence-corrected chi connectivity index (χ3v) is 8.74. The standard InChI is InChI=1S/C19H19BrN4O3S2/c20-17-6-7-19(28-17)29(26,27)23-10-8-22(9-11-23)18(25)12-15-13-21-24(14-15)16-4-2-1-3-5-16/h1-7,13-14H,8-12H2. The molecule has 3 heterocycles. The summed E-state index contributed by atoms with van der Waals surface area (Å²) in [6.07, 6.45) is 3.79. The number of sulfonamides is 1. The van der Waals surface area contributed by atoms with E-state index < -0.39 is 10.0 Å². The van der Waals surface area contributed by atoms with Crippen molar-refractivity contribution in [2.75, 3.05) is 26.2 Å². The first-order valence-corrected chi connectivity index (χ1v) is 12.1. The van der Waals surface area contributed by atoms with Gasteiger partial charge in [0, 0.05) is 32.4 Å². The van der Waals surface area contributed by atoms with Crippen molar-refractivity contribution in [1.82, 2.24) is 19.0 Å². The Morgan fingerprint density at radius 3 is 2.45 bits per heavy atom. The molecule has 1 aromatic carbocycles. The van der Waals surface area contributed by atoms with Crippen LogP contribution in [0.1, 0.15) is 5.56 Å². The molecule has 0 N–H and O–H groups in total. The molecule has 0 atom stereocenters. The van der Waals surface area contributed by atoms with E-state index in [4.69, 9.17) is 0 Å². The van der Waals surface area contributed by atoms with E-state index in [9.17, 15) is 13.2 Å². The molecule has 0 radical (unpaired) electrons. The van der Waals surface area contributed by atoms with Crippen LogP contribution in [0.25, 0.3) is 5.69 Å². The molecule has 4 rings (SSSR count). The van der Waals surface area contributed by atoms with E-state index in [2.05, 4.69) is 21.0 Å². The van der Waals surface area contributed by atoms with Gasteiger partial charge in [-0.15, -0.1) is 11.3 Å². The summed E-state index contributed by atoms with van der Waals surface area (Å²) in [7, 11) is -3.51. The number of rotatable bonds is 5. The first-order chi connectivity index (χ1) is 13.9. The van der Waals surface area contributed by atoms with Gasteiger partial charge in [0.2, 0.25) is 5.91 Å². The van der Waals surface area contributed by atoms with E-state index in [1.165, 1.54) is 15.6 Å². The van der Waals surface area contributed by atoms with Crippen LogP contribution in [0, 0.1) is 0 Å². The topological polar surface area (TPSA) is 75.5 Å². The number of hydrogen-bond donors (Lipinski definition) is 0. The lowest BCUT2D eigenvalue weighted by Crippen LogP contribution is -2.50. The zero-order chi connectivity index (χ0) is 20.4. The summed E-state index contributed by atoms with van der Waals surface area (Å²) < 4.78 is 29.7. The normalized spacial score (nSPS) is 15.6. The Balaban J connectivity index is 1.35. The van der Waals surface area contributed by atoms with Crippen molar-refractivity contribution in [3.8, 4) is 5.69 Å². The summed E-state index contributed by atoms with van der Waals surface area (Å²) in [5.74, 6) is -0.0199. The molecule has 1 fully saturated rings. The summed E-state index contributed by atoms with van der Waals surface area (Å²) in [6, 6.07) is 13.0. The molecular weight excluding hydrogens is 476 g/mol. The van der Waals surface area contributed by atoms with Crippen LogP contribution in [0.5, 0.6) is 0 Å². The van der Waals surface area contributed by atoms with E-state index in [1.54, 1.807) is 27.9 Å². The van der Waals surface area contributed by atoms with Gasteiger partial charge in [-0.25, -0.2) is 13.1 Å². The maximum Gasteiger partial charge on any atom is 0.252 e. The number of benzene rings is 1. The number of carbonyl (C=O) groups is 1. The lowest BCUT2D eigenvalue weighted by molar-refractivity contribution is -0.131. The predicted octanol–water partition coefficient (Wildman–Crippen LogP) is 2.77. The minimum atomic E-state index is -3.51. The first kappa shape index (κ1) is 20.3. The molecule has 152 valence electrons. The fourth-order valence-corrected chi connectivity index (χ4v) is 6.79. The minimum absolute atomic E-state index is 0.0199. The number of piperazine rings is 1. The molecule has 29 heavy (non-hydrogen) atoms. The third-order valence-electron chi connectivity index (χ3n) is 4.75. The lowest BCUT2D eigenvalue weighted by Gasteiger charge is -2.33. The monoisotopic (exact) mass is 494 g/mol. The van der Waals surface area contributed by atoms with Gasteiger partial charge in [0.15, 0.2) is 0 Å². The highest BCUT2D eigenvalue weighted by Crippen LogP contribution is 2.29. The molecule has 1 amide bonds. The Kier molecular flexibility index (Phi) is 5.86. The van der Waals surface area contributed by atoms with Crippen molar-refractivity contribution in [1.29, 1.82) is 0 Å². The maximum atomic E-state index is 12.7. The zero-order valence-electron chi connectivity index (χ0n) is 15.4. The Morgan fingerprint density at radius 1 is 1.07 bits per heavy atom. The molecule has 0 unspecified atom stereocenters. The molecule has 0 bridgehead atoms. The smallest absolute Gasteiger partial charge is 0.252 e. The van der Waals surface area contributed by atoms with Crippen molar-refractivity contribution in [3.63, 3.8) is 0 Å². The largest absolute Gasteiger partial charge is 0.340 e. The molecule has 1 aliphatic rings. The van der Waals surface area contributed by atoms with Crippen LogP contribution < -0.4 is 0 Å². The van der Waals surface area contributed by atoms with Crippen molar-refractivity contribution >= 4 is 43.2 Å². The van der Waals surface area contributed by atoms with Crippen molar-refractivity contribution in [3.05, 3.63) is 64.2 Å². The van der Waals surface area contributed by atoms with Gasteiger partial charge in [-0.05, 0) is 45.8 Å². The SMILES string of the molecule is O=C(Cc1cnn(-c2ccccc2)c1)N1CCN(S(=O)(=O)c2ccc(Br)s2)CC1. The number of thiophene rings is 1. The van der Waals surface area contributed by atoms with Crippen molar-refractivity contribution < 1.29 is 13.2 Å². The molecule has 7 nitrogen and oxygen atoms in total. The van der Waals surface area contributed by atoms with Gasteiger partial charge in [-0.1, -0.05) is 18.2 Å². The number of nitrogens with zero attached hydrogens (tertiary/aromatic N) is 4. The summed E-state index contributed by atoms with van der Waals surface area (Å²) >= 11 is 4.50. The fraction of sp³-hybridized carbons (Fsp3) is 0.263. The molecule has 10 heteroatoms. The molecule has 0 saturated carbocycles. The van der Waals surface area contributed by atoms with E-state index in [0.717, 1.165) is 15.0 Å². The van der Waals surface area contributed by atoms with Crippen LogP contribution in [0.2, 0.25) is 0 Å². The minimum Gasteiger partial charge on any atom is -0.340 e. The number of amides is 1. The summed E-state index contributed by atoms with van der Waals surface area (Å²) in [6.45, 7) is 1.37. The Labute approximate surface area is 181 Å². The molecule has 3 aromatic rings. The van der Waals surface area contributed by atoms with E-state index in [1.807, 2.05) is 36.5 Å².